The van der Waals surface area contributed by atoms with Crippen LogP contribution in [-0.4, -0.2) is 33.6 Å². The largest absolute Gasteiger partial charge is 0.393 e. The SMILES string of the molecule is Cc1ncc(C(=O)NC[C@@H]2CC[C@@H](O)C2)c(C)n1. The smallest absolute Gasteiger partial charge is 0.254 e. The topological polar surface area (TPSA) is 75.1 Å². The van der Waals surface area contributed by atoms with Crippen molar-refractivity contribution in [3.63, 3.8) is 0 Å². The molecule has 0 unspecified atom stereocenters. The maximum atomic E-state index is 12.0. The molecule has 18 heavy (non-hydrogen) atoms. The van der Waals surface area contributed by atoms with Crippen LogP contribution < -0.4 is 5.32 Å². The predicted molar refractivity (Wildman–Crippen MR) is 67.2 cm³/mol. The van der Waals surface area contributed by atoms with Gasteiger partial charge in [-0.15, -0.1) is 0 Å². The van der Waals surface area contributed by atoms with Crippen LogP contribution in [0.4, 0.5) is 0 Å². The molecule has 2 N–H and O–H groups in total. The number of hydrogen-bond acceptors (Lipinski definition) is 4. The highest BCUT2D eigenvalue weighted by Gasteiger charge is 2.23. The summed E-state index contributed by atoms with van der Waals surface area (Å²) in [6.07, 6.45) is 3.97. The van der Waals surface area contributed by atoms with Gasteiger partial charge in [0.2, 0.25) is 0 Å². The number of aliphatic hydroxyl groups excluding tert-OH is 1. The second-order valence-corrected chi connectivity index (χ2v) is 4.96. The van der Waals surface area contributed by atoms with Crippen molar-refractivity contribution in [1.29, 1.82) is 0 Å². The Bertz CT molecular complexity index is 448. The van der Waals surface area contributed by atoms with E-state index in [-0.39, 0.29) is 12.0 Å². The molecule has 1 saturated carbocycles. The number of nitrogens with zero attached hydrogens (tertiary/aromatic N) is 2. The fourth-order valence-electron chi connectivity index (χ4n) is 2.37. The number of aromatic nitrogens is 2. The number of carbonyl (C=O) groups excluding carboxylic acids is 1. The molecular formula is C13H19N3O2. The standard InChI is InChI=1S/C13H19N3O2/c1-8-12(7-14-9(2)16-8)13(18)15-6-10-3-4-11(17)5-10/h7,10-11,17H,3-6H2,1-2H3,(H,15,18)/t10-,11-/m1/s1. The summed E-state index contributed by atoms with van der Waals surface area (Å²) in [5, 5.41) is 12.3. The molecule has 1 aromatic rings. The first-order valence-corrected chi connectivity index (χ1v) is 6.32. The van der Waals surface area contributed by atoms with E-state index in [2.05, 4.69) is 15.3 Å². The Hall–Kier alpha value is -1.49. The minimum atomic E-state index is -0.198. The lowest BCUT2D eigenvalue weighted by Gasteiger charge is -2.11. The van der Waals surface area contributed by atoms with Crippen LogP contribution in [0.3, 0.4) is 0 Å². The number of rotatable bonds is 3. The fourth-order valence-corrected chi connectivity index (χ4v) is 2.37. The van der Waals surface area contributed by atoms with Crippen LogP contribution in [0.5, 0.6) is 0 Å². The highest BCUT2D eigenvalue weighted by Crippen LogP contribution is 2.24. The Labute approximate surface area is 107 Å². The Balaban J connectivity index is 1.91. The molecule has 98 valence electrons. The Morgan fingerprint density at radius 3 is 2.89 bits per heavy atom. The summed E-state index contributed by atoms with van der Waals surface area (Å²) < 4.78 is 0. The molecule has 0 aromatic carbocycles. The van der Waals surface area contributed by atoms with Gasteiger partial charge in [0.25, 0.3) is 5.91 Å². The van der Waals surface area contributed by atoms with E-state index in [4.69, 9.17) is 0 Å². The molecule has 1 fully saturated rings. The van der Waals surface area contributed by atoms with E-state index >= 15 is 0 Å². The third kappa shape index (κ3) is 3.04. The van der Waals surface area contributed by atoms with Gasteiger partial charge in [-0.1, -0.05) is 0 Å². The summed E-state index contributed by atoms with van der Waals surface area (Å²) in [5.74, 6) is 0.924. The molecule has 0 radical (unpaired) electrons. The van der Waals surface area contributed by atoms with Gasteiger partial charge >= 0.3 is 0 Å². The van der Waals surface area contributed by atoms with Gasteiger partial charge in [-0.25, -0.2) is 9.97 Å². The lowest BCUT2D eigenvalue weighted by molar-refractivity contribution is 0.0943. The lowest BCUT2D eigenvalue weighted by atomic mass is 10.1. The van der Waals surface area contributed by atoms with Crippen LogP contribution in [0.2, 0.25) is 0 Å². The van der Waals surface area contributed by atoms with E-state index in [0.29, 0.717) is 29.5 Å². The molecule has 1 heterocycles. The van der Waals surface area contributed by atoms with E-state index in [1.807, 2.05) is 6.92 Å². The monoisotopic (exact) mass is 249 g/mol. The van der Waals surface area contributed by atoms with Crippen molar-refractivity contribution < 1.29 is 9.90 Å². The zero-order valence-electron chi connectivity index (χ0n) is 10.8. The maximum absolute atomic E-state index is 12.0. The van der Waals surface area contributed by atoms with Gasteiger partial charge in [-0.05, 0) is 39.0 Å². The minimum absolute atomic E-state index is 0.131. The zero-order chi connectivity index (χ0) is 13.1. The summed E-state index contributed by atoms with van der Waals surface area (Å²) in [5.41, 5.74) is 1.23. The zero-order valence-corrected chi connectivity index (χ0v) is 10.8. The third-order valence-electron chi connectivity index (χ3n) is 3.41. The molecule has 2 rings (SSSR count). The van der Waals surface area contributed by atoms with Crippen LogP contribution in [0.15, 0.2) is 6.20 Å². The van der Waals surface area contributed by atoms with Crippen LogP contribution in [0, 0.1) is 19.8 Å². The van der Waals surface area contributed by atoms with Gasteiger partial charge in [-0.2, -0.15) is 0 Å². The van der Waals surface area contributed by atoms with E-state index in [1.54, 1.807) is 13.1 Å². The van der Waals surface area contributed by atoms with Gasteiger partial charge < -0.3 is 10.4 Å². The van der Waals surface area contributed by atoms with Crippen LogP contribution in [0.1, 0.15) is 41.1 Å². The first-order valence-electron chi connectivity index (χ1n) is 6.32. The highest BCUT2D eigenvalue weighted by molar-refractivity contribution is 5.94. The van der Waals surface area contributed by atoms with Crippen molar-refractivity contribution in [2.75, 3.05) is 6.54 Å². The second-order valence-electron chi connectivity index (χ2n) is 4.96. The molecule has 0 spiro atoms. The van der Waals surface area contributed by atoms with Crippen molar-refractivity contribution in [3.8, 4) is 0 Å². The second kappa shape index (κ2) is 5.44. The number of aryl methyl sites for hydroxylation is 2. The van der Waals surface area contributed by atoms with E-state index in [9.17, 15) is 9.90 Å². The number of aliphatic hydroxyl groups is 1. The first kappa shape index (κ1) is 13.0. The number of amides is 1. The molecule has 0 bridgehead atoms. The molecular weight excluding hydrogens is 230 g/mol. The third-order valence-corrected chi connectivity index (χ3v) is 3.41. The van der Waals surface area contributed by atoms with Crippen molar-refractivity contribution in [2.45, 2.75) is 39.2 Å². The van der Waals surface area contributed by atoms with Gasteiger partial charge in [-0.3, -0.25) is 4.79 Å². The molecule has 0 saturated heterocycles. The number of carbonyl (C=O) groups is 1. The van der Waals surface area contributed by atoms with Crippen molar-refractivity contribution in [3.05, 3.63) is 23.3 Å². The van der Waals surface area contributed by atoms with Crippen molar-refractivity contribution in [2.24, 2.45) is 5.92 Å². The van der Waals surface area contributed by atoms with Crippen LogP contribution in [0.25, 0.3) is 0 Å². The molecule has 5 nitrogen and oxygen atoms in total. The summed E-state index contributed by atoms with van der Waals surface area (Å²) in [4.78, 5) is 20.2. The number of nitrogens with one attached hydrogen (secondary N) is 1. The molecule has 0 aliphatic heterocycles. The molecule has 5 heteroatoms. The van der Waals surface area contributed by atoms with Crippen molar-refractivity contribution in [1.82, 2.24) is 15.3 Å². The normalized spacial score (nSPS) is 23.1. The predicted octanol–water partition coefficient (Wildman–Crippen LogP) is 0.984. The average Bonchev–Trinajstić information content (AvgIpc) is 2.72. The maximum Gasteiger partial charge on any atom is 0.254 e. The van der Waals surface area contributed by atoms with E-state index < -0.39 is 0 Å². The van der Waals surface area contributed by atoms with E-state index in [0.717, 1.165) is 19.3 Å². The highest BCUT2D eigenvalue weighted by atomic mass is 16.3. The van der Waals surface area contributed by atoms with Gasteiger partial charge in [0.1, 0.15) is 5.82 Å². The number of hydrogen-bond donors (Lipinski definition) is 2. The van der Waals surface area contributed by atoms with Crippen LogP contribution in [-0.2, 0) is 0 Å². The van der Waals surface area contributed by atoms with Crippen LogP contribution >= 0.6 is 0 Å². The summed E-state index contributed by atoms with van der Waals surface area (Å²) in [7, 11) is 0. The molecule has 1 aromatic heterocycles. The fraction of sp³-hybridized carbons (Fsp3) is 0.615. The Kier molecular flexibility index (Phi) is 3.91. The minimum Gasteiger partial charge on any atom is -0.393 e. The summed E-state index contributed by atoms with van der Waals surface area (Å²) >= 11 is 0. The molecule has 1 aliphatic rings. The van der Waals surface area contributed by atoms with E-state index in [1.165, 1.54) is 0 Å². The molecule has 1 aliphatic carbocycles. The van der Waals surface area contributed by atoms with Gasteiger partial charge in [0.05, 0.1) is 17.4 Å². The Morgan fingerprint density at radius 1 is 1.50 bits per heavy atom. The summed E-state index contributed by atoms with van der Waals surface area (Å²) in [6, 6.07) is 0. The molecule has 1 amide bonds. The Morgan fingerprint density at radius 2 is 2.28 bits per heavy atom. The molecule has 2 atom stereocenters. The first-order chi connectivity index (χ1) is 8.56. The quantitative estimate of drug-likeness (QED) is 0.837. The average molecular weight is 249 g/mol. The van der Waals surface area contributed by atoms with Gasteiger partial charge in [0.15, 0.2) is 0 Å². The van der Waals surface area contributed by atoms with Gasteiger partial charge in [0, 0.05) is 12.7 Å². The van der Waals surface area contributed by atoms with Crippen molar-refractivity contribution >= 4 is 5.91 Å². The lowest BCUT2D eigenvalue weighted by Crippen LogP contribution is -2.29. The summed E-state index contributed by atoms with van der Waals surface area (Å²) in [6.45, 7) is 4.22.